The number of sulfonamides is 1. The van der Waals surface area contributed by atoms with Gasteiger partial charge in [-0.25, -0.2) is 12.8 Å². The van der Waals surface area contributed by atoms with Gasteiger partial charge in [0.25, 0.3) is 10.0 Å². The number of hydrogen-bond donors (Lipinski definition) is 0. The van der Waals surface area contributed by atoms with Gasteiger partial charge in [0.15, 0.2) is 0 Å². The molecule has 3 aromatic rings. The molecule has 0 N–H and O–H groups in total. The number of ether oxygens (including phenoxy) is 2. The van der Waals surface area contributed by atoms with Gasteiger partial charge >= 0.3 is 5.97 Å². The average Bonchev–Trinajstić information content (AvgIpc) is 3.01. The smallest absolute Gasteiger partial charge is 0.309 e. The molecule has 3 aromatic carbocycles. The highest BCUT2D eigenvalue weighted by Crippen LogP contribution is 2.40. The van der Waals surface area contributed by atoms with Crippen molar-refractivity contribution >= 4 is 44.9 Å². The Morgan fingerprint density at radius 2 is 1.87 bits per heavy atom. The van der Waals surface area contributed by atoms with E-state index < -0.39 is 15.8 Å². The zero-order chi connectivity index (χ0) is 32.1. The molecule has 0 bridgehead atoms. The Morgan fingerprint density at radius 1 is 1.11 bits per heavy atom. The molecule has 45 heavy (non-hydrogen) atoms. The highest BCUT2D eigenvalue weighted by molar-refractivity contribution is 7.92. The first-order chi connectivity index (χ1) is 21.6. The van der Waals surface area contributed by atoms with Gasteiger partial charge in [0.2, 0.25) is 0 Å². The fourth-order valence-corrected chi connectivity index (χ4v) is 8.01. The number of halogens is 2. The van der Waals surface area contributed by atoms with Crippen LogP contribution in [0, 0.1) is 18.7 Å². The van der Waals surface area contributed by atoms with E-state index in [9.17, 15) is 17.6 Å². The predicted molar refractivity (Wildman–Crippen MR) is 177 cm³/mol. The van der Waals surface area contributed by atoms with Crippen molar-refractivity contribution in [3.63, 3.8) is 0 Å². The summed E-state index contributed by atoms with van der Waals surface area (Å²) in [5, 5.41) is 0.305. The van der Waals surface area contributed by atoms with Crippen LogP contribution in [0.25, 0.3) is 11.6 Å². The molecule has 0 saturated carbocycles. The SMILES string of the molecule is CCOC(=O)C1CCN(CCC[C@H]2CN(S(=O)(=O)c3cccc(C)c3)c3cc(/C=C(\C)c4c(F)cccc4Cl)ccc3O2)CC1. The number of nitrogens with zero attached hydrogens (tertiary/aromatic N) is 2. The third-order valence-electron chi connectivity index (χ3n) is 8.44. The summed E-state index contributed by atoms with van der Waals surface area (Å²) >= 11 is 6.30. The number of carbonyl (C=O) groups excluding carboxylic acids is 1. The number of esters is 1. The monoisotopic (exact) mass is 654 g/mol. The Kier molecular flexibility index (Phi) is 10.5. The molecular formula is C35H40ClFN2O5S. The van der Waals surface area contributed by atoms with Gasteiger partial charge in [-0.15, -0.1) is 0 Å². The maximum Gasteiger partial charge on any atom is 0.309 e. The van der Waals surface area contributed by atoms with E-state index in [1.165, 1.54) is 10.4 Å². The topological polar surface area (TPSA) is 76.2 Å². The molecule has 1 fully saturated rings. The molecular weight excluding hydrogens is 615 g/mol. The molecule has 240 valence electrons. The molecule has 7 nitrogen and oxygen atoms in total. The van der Waals surface area contributed by atoms with Crippen LogP contribution >= 0.6 is 11.6 Å². The molecule has 0 aromatic heterocycles. The number of likely N-dealkylation sites (tertiary alicyclic amines) is 1. The zero-order valence-corrected chi connectivity index (χ0v) is 27.5. The van der Waals surface area contributed by atoms with Gasteiger partial charge in [-0.2, -0.15) is 0 Å². The second kappa shape index (κ2) is 14.4. The third-order valence-corrected chi connectivity index (χ3v) is 10.5. The van der Waals surface area contributed by atoms with E-state index in [0.29, 0.717) is 46.2 Å². The van der Waals surface area contributed by atoms with Crippen LogP contribution in [0.1, 0.15) is 56.2 Å². The van der Waals surface area contributed by atoms with E-state index in [1.54, 1.807) is 55.5 Å². The molecule has 0 radical (unpaired) electrons. The highest BCUT2D eigenvalue weighted by atomic mass is 35.5. The van der Waals surface area contributed by atoms with Crippen LogP contribution in [0.2, 0.25) is 5.02 Å². The Bertz CT molecular complexity index is 1650. The number of allylic oxidation sites excluding steroid dienone is 1. The lowest BCUT2D eigenvalue weighted by molar-refractivity contribution is -0.149. The minimum absolute atomic E-state index is 0.0352. The van der Waals surface area contributed by atoms with Gasteiger partial charge in [-0.05, 0) is 119 Å². The van der Waals surface area contributed by atoms with Crippen molar-refractivity contribution in [2.75, 3.05) is 37.1 Å². The van der Waals surface area contributed by atoms with Gasteiger partial charge < -0.3 is 14.4 Å². The van der Waals surface area contributed by atoms with Crippen LogP contribution in [0.3, 0.4) is 0 Å². The van der Waals surface area contributed by atoms with Crippen molar-refractivity contribution in [2.24, 2.45) is 5.92 Å². The third kappa shape index (κ3) is 7.71. The molecule has 10 heteroatoms. The van der Waals surface area contributed by atoms with Crippen LogP contribution < -0.4 is 9.04 Å². The number of fused-ring (bicyclic) bond motifs is 1. The first-order valence-electron chi connectivity index (χ1n) is 15.5. The van der Waals surface area contributed by atoms with E-state index in [-0.39, 0.29) is 29.4 Å². The second-order valence-corrected chi connectivity index (χ2v) is 14.0. The lowest BCUT2D eigenvalue weighted by atomic mass is 9.97. The summed E-state index contributed by atoms with van der Waals surface area (Å²) in [5.74, 6) is -0.0815. The molecule has 2 aliphatic rings. The summed E-state index contributed by atoms with van der Waals surface area (Å²) in [4.78, 5) is 14.7. The predicted octanol–water partition coefficient (Wildman–Crippen LogP) is 7.36. The average molecular weight is 655 g/mol. The lowest BCUT2D eigenvalue weighted by Gasteiger charge is -2.36. The van der Waals surface area contributed by atoms with Crippen LogP contribution in [-0.2, 0) is 19.6 Å². The molecule has 2 aliphatic heterocycles. The van der Waals surface area contributed by atoms with Gasteiger partial charge in [0, 0.05) is 5.56 Å². The van der Waals surface area contributed by atoms with E-state index in [2.05, 4.69) is 4.90 Å². The lowest BCUT2D eigenvalue weighted by Crippen LogP contribution is -2.44. The number of carbonyl (C=O) groups is 1. The molecule has 0 aliphatic carbocycles. The minimum atomic E-state index is -3.91. The number of aryl methyl sites for hydroxylation is 1. The normalized spacial score (nSPS) is 17.9. The van der Waals surface area contributed by atoms with Crippen LogP contribution in [0.4, 0.5) is 10.1 Å². The summed E-state index contributed by atoms with van der Waals surface area (Å²) in [5.41, 5.74) is 2.91. The van der Waals surface area contributed by atoms with Gasteiger partial charge in [0.05, 0.1) is 34.7 Å². The van der Waals surface area contributed by atoms with Gasteiger partial charge in [-0.1, -0.05) is 41.9 Å². The largest absolute Gasteiger partial charge is 0.486 e. The molecule has 1 atom stereocenters. The fraction of sp³-hybridized carbons (Fsp3) is 0.400. The number of anilines is 1. The van der Waals surface area contributed by atoms with Crippen molar-refractivity contribution in [3.8, 4) is 5.75 Å². The van der Waals surface area contributed by atoms with E-state index in [1.807, 2.05) is 26.0 Å². The van der Waals surface area contributed by atoms with Gasteiger partial charge in [-0.3, -0.25) is 9.10 Å². The summed E-state index contributed by atoms with van der Waals surface area (Å²) in [7, 11) is -3.91. The van der Waals surface area contributed by atoms with Crippen LogP contribution in [-0.4, -0.2) is 58.2 Å². The summed E-state index contributed by atoms with van der Waals surface area (Å²) in [6.45, 7) is 8.54. The molecule has 0 spiro atoms. The van der Waals surface area contributed by atoms with Crippen molar-refractivity contribution in [3.05, 3.63) is 88.2 Å². The Hall–Kier alpha value is -3.40. The molecule has 5 rings (SSSR count). The maximum absolute atomic E-state index is 14.6. The van der Waals surface area contributed by atoms with Crippen molar-refractivity contribution in [1.82, 2.24) is 4.90 Å². The van der Waals surface area contributed by atoms with Crippen LogP contribution in [0.15, 0.2) is 65.6 Å². The van der Waals surface area contributed by atoms with E-state index in [4.69, 9.17) is 21.1 Å². The van der Waals surface area contributed by atoms with E-state index in [0.717, 1.165) is 44.5 Å². The number of piperidine rings is 1. The van der Waals surface area contributed by atoms with E-state index >= 15 is 0 Å². The number of hydrogen-bond acceptors (Lipinski definition) is 6. The molecule has 0 unspecified atom stereocenters. The summed E-state index contributed by atoms with van der Waals surface area (Å²) in [6.07, 6.45) is 4.52. The minimum Gasteiger partial charge on any atom is -0.486 e. The first kappa shape index (κ1) is 33.0. The number of benzene rings is 3. The molecule has 2 heterocycles. The van der Waals surface area contributed by atoms with Crippen molar-refractivity contribution in [2.45, 2.75) is 57.5 Å². The summed E-state index contributed by atoms with van der Waals surface area (Å²) < 4.78 is 55.8. The fourth-order valence-electron chi connectivity index (χ4n) is 6.09. The Morgan fingerprint density at radius 3 is 2.58 bits per heavy atom. The zero-order valence-electron chi connectivity index (χ0n) is 26.0. The standard InChI is InChI=1S/C35H40ClFN2O5S/c1-4-43-35(40)27-15-18-38(19-16-27)17-7-9-28-23-39(45(41,42)29-10-5-8-24(2)20-29)32-22-26(13-14-33(32)44-28)21-25(3)34-30(36)11-6-12-31(34)37/h5-6,8,10-14,20-22,27-28H,4,7,9,15-19,23H2,1-3H3/b25-21+/t28-/m0/s1. The summed E-state index contributed by atoms with van der Waals surface area (Å²) in [6, 6.07) is 16.8. The number of rotatable bonds is 10. The van der Waals surface area contributed by atoms with Crippen molar-refractivity contribution in [1.29, 1.82) is 0 Å². The molecule has 0 amide bonds. The molecule has 1 saturated heterocycles. The van der Waals surface area contributed by atoms with Gasteiger partial charge in [0.1, 0.15) is 17.7 Å². The Balaban J connectivity index is 1.36. The second-order valence-electron chi connectivity index (χ2n) is 11.8. The first-order valence-corrected chi connectivity index (χ1v) is 17.3. The quantitative estimate of drug-likeness (QED) is 0.168. The highest BCUT2D eigenvalue weighted by Gasteiger charge is 2.35. The van der Waals surface area contributed by atoms with Crippen LogP contribution in [0.5, 0.6) is 5.75 Å². The maximum atomic E-state index is 14.6. The van der Waals surface area contributed by atoms with Crippen molar-refractivity contribution < 1.29 is 27.1 Å². The Labute approximate surface area is 270 Å².